The zero-order valence-electron chi connectivity index (χ0n) is 10.5. The number of anilines is 1. The van der Waals surface area contributed by atoms with E-state index in [9.17, 15) is 10.1 Å². The van der Waals surface area contributed by atoms with Gasteiger partial charge in [0, 0.05) is 25.1 Å². The van der Waals surface area contributed by atoms with Gasteiger partial charge in [-0.2, -0.15) is 5.10 Å². The smallest absolute Gasteiger partial charge is 0.271 e. The average molecular weight is 285 g/mol. The van der Waals surface area contributed by atoms with E-state index in [0.29, 0.717) is 5.69 Å². The van der Waals surface area contributed by atoms with Gasteiger partial charge in [0.05, 0.1) is 10.6 Å². The minimum atomic E-state index is -0.414. The topological polar surface area (TPSA) is 79.6 Å². The molecule has 0 unspecified atom stereocenters. The highest BCUT2D eigenvalue weighted by Gasteiger charge is 2.06. The Morgan fingerprint density at radius 1 is 1.32 bits per heavy atom. The third-order valence-corrected chi connectivity index (χ3v) is 2.80. The lowest BCUT2D eigenvalue weighted by Gasteiger charge is -2.06. The van der Waals surface area contributed by atoms with Crippen LogP contribution in [0.4, 0.5) is 11.4 Å². The number of amidine groups is 1. The van der Waals surface area contributed by atoms with Crippen LogP contribution in [0.5, 0.6) is 0 Å². The van der Waals surface area contributed by atoms with Crippen molar-refractivity contribution < 1.29 is 4.92 Å². The fourth-order valence-electron chi connectivity index (χ4n) is 1.83. The quantitative estimate of drug-likeness (QED) is 0.661. The van der Waals surface area contributed by atoms with E-state index in [-0.39, 0.29) is 18.1 Å². The van der Waals surface area contributed by atoms with E-state index < -0.39 is 4.92 Å². The van der Waals surface area contributed by atoms with E-state index in [1.165, 1.54) is 18.6 Å². The van der Waals surface area contributed by atoms with Crippen LogP contribution in [-0.2, 0) is 0 Å². The lowest BCUT2D eigenvalue weighted by molar-refractivity contribution is -0.384. The first-order valence-electron chi connectivity index (χ1n) is 6.06. The molecule has 1 aromatic rings. The number of hydrogen-bond donors (Lipinski definition) is 2. The highest BCUT2D eigenvalue weighted by Crippen LogP contribution is 2.17. The molecule has 0 radical (unpaired) electrons. The van der Waals surface area contributed by atoms with E-state index in [0.717, 1.165) is 31.6 Å². The van der Waals surface area contributed by atoms with Crippen molar-refractivity contribution in [2.75, 3.05) is 12.0 Å². The molecule has 1 fully saturated rings. The second-order valence-electron chi connectivity index (χ2n) is 4.22. The second-order valence-corrected chi connectivity index (χ2v) is 4.22. The van der Waals surface area contributed by atoms with Crippen molar-refractivity contribution in [3.05, 3.63) is 34.4 Å². The fourth-order valence-corrected chi connectivity index (χ4v) is 1.83. The van der Waals surface area contributed by atoms with Gasteiger partial charge in [0.15, 0.2) is 0 Å². The highest BCUT2D eigenvalue weighted by atomic mass is 35.5. The lowest BCUT2D eigenvalue weighted by Crippen LogP contribution is -2.23. The molecular formula is C12H17ClN4O2. The SMILES string of the molecule is Cl.O=[N+]([O-])c1cccc(NN=C2CCCCCN2)c1. The van der Waals surface area contributed by atoms with Gasteiger partial charge in [-0.15, -0.1) is 12.4 Å². The molecule has 0 aromatic heterocycles. The van der Waals surface area contributed by atoms with Crippen molar-refractivity contribution in [2.24, 2.45) is 5.10 Å². The van der Waals surface area contributed by atoms with Crippen LogP contribution in [0.3, 0.4) is 0 Å². The van der Waals surface area contributed by atoms with Gasteiger partial charge >= 0.3 is 0 Å². The molecule has 7 heteroatoms. The standard InChI is InChI=1S/C12H16N4O2.ClH/c17-16(18)11-6-4-5-10(9-11)14-15-12-7-2-1-3-8-13-12;/h4-6,9,14H,1-3,7-8H2,(H,13,15);1H. The number of nitro benzene ring substituents is 1. The molecule has 1 saturated heterocycles. The number of non-ortho nitro benzene ring substituents is 1. The van der Waals surface area contributed by atoms with Crippen LogP contribution in [0.25, 0.3) is 0 Å². The summed E-state index contributed by atoms with van der Waals surface area (Å²) in [6.07, 6.45) is 4.42. The summed E-state index contributed by atoms with van der Waals surface area (Å²) in [6.45, 7) is 0.940. The lowest BCUT2D eigenvalue weighted by atomic mass is 10.2. The zero-order valence-corrected chi connectivity index (χ0v) is 11.3. The Labute approximate surface area is 117 Å². The summed E-state index contributed by atoms with van der Waals surface area (Å²) in [5, 5.41) is 18.1. The summed E-state index contributed by atoms with van der Waals surface area (Å²) in [7, 11) is 0. The van der Waals surface area contributed by atoms with E-state index in [2.05, 4.69) is 15.8 Å². The first-order valence-corrected chi connectivity index (χ1v) is 6.06. The molecule has 19 heavy (non-hydrogen) atoms. The fraction of sp³-hybridized carbons (Fsp3) is 0.417. The normalized spacial score (nSPS) is 16.9. The van der Waals surface area contributed by atoms with Gasteiger partial charge in [-0.05, 0) is 18.9 Å². The molecule has 0 saturated carbocycles. The molecule has 1 heterocycles. The van der Waals surface area contributed by atoms with E-state index >= 15 is 0 Å². The number of nitrogens with one attached hydrogen (secondary N) is 2. The van der Waals surface area contributed by atoms with Crippen LogP contribution in [0, 0.1) is 10.1 Å². The summed E-state index contributed by atoms with van der Waals surface area (Å²) in [4.78, 5) is 10.2. The van der Waals surface area contributed by atoms with Crippen LogP contribution in [0.15, 0.2) is 29.4 Å². The van der Waals surface area contributed by atoms with Crippen molar-refractivity contribution in [1.29, 1.82) is 0 Å². The van der Waals surface area contributed by atoms with Gasteiger partial charge in [0.1, 0.15) is 5.84 Å². The molecule has 104 valence electrons. The number of hydrazone groups is 1. The van der Waals surface area contributed by atoms with Crippen LogP contribution < -0.4 is 10.7 Å². The Morgan fingerprint density at radius 2 is 2.16 bits per heavy atom. The first kappa shape index (κ1) is 15.2. The Kier molecular flexibility index (Phi) is 6.08. The molecule has 1 aliphatic heterocycles. The average Bonchev–Trinajstić information content (AvgIpc) is 2.65. The predicted octanol–water partition coefficient (Wildman–Crippen LogP) is 2.91. The molecule has 0 aliphatic carbocycles. The summed E-state index contributed by atoms with van der Waals surface area (Å²) < 4.78 is 0. The van der Waals surface area contributed by atoms with Crippen molar-refractivity contribution in [3.8, 4) is 0 Å². The summed E-state index contributed by atoms with van der Waals surface area (Å²) in [6, 6.07) is 6.33. The van der Waals surface area contributed by atoms with Gasteiger partial charge in [0.25, 0.3) is 5.69 Å². The van der Waals surface area contributed by atoms with Crippen LogP contribution >= 0.6 is 12.4 Å². The van der Waals surface area contributed by atoms with Crippen molar-refractivity contribution in [1.82, 2.24) is 5.32 Å². The van der Waals surface area contributed by atoms with E-state index in [4.69, 9.17) is 0 Å². The molecule has 0 bridgehead atoms. The molecule has 0 spiro atoms. The number of nitrogens with zero attached hydrogens (tertiary/aromatic N) is 2. The summed E-state index contributed by atoms with van der Waals surface area (Å²) >= 11 is 0. The van der Waals surface area contributed by atoms with Gasteiger partial charge in [-0.25, -0.2) is 0 Å². The summed E-state index contributed by atoms with van der Waals surface area (Å²) in [5.74, 6) is 0.916. The Balaban J connectivity index is 0.00000180. The summed E-state index contributed by atoms with van der Waals surface area (Å²) in [5.41, 5.74) is 3.55. The number of nitro groups is 1. The van der Waals surface area contributed by atoms with Crippen molar-refractivity contribution in [3.63, 3.8) is 0 Å². The van der Waals surface area contributed by atoms with Gasteiger partial charge in [-0.3, -0.25) is 15.5 Å². The van der Waals surface area contributed by atoms with Gasteiger partial charge in [0.2, 0.25) is 0 Å². The second kappa shape index (κ2) is 7.58. The highest BCUT2D eigenvalue weighted by molar-refractivity contribution is 5.85. The maximum atomic E-state index is 10.6. The maximum absolute atomic E-state index is 10.6. The molecular weight excluding hydrogens is 268 g/mol. The first-order chi connectivity index (χ1) is 8.75. The molecule has 0 atom stereocenters. The Bertz CT molecular complexity index is 455. The Morgan fingerprint density at radius 3 is 2.95 bits per heavy atom. The zero-order chi connectivity index (χ0) is 12.8. The number of hydrogen-bond acceptors (Lipinski definition) is 4. The number of rotatable bonds is 3. The minimum Gasteiger partial charge on any atom is -0.372 e. The third kappa shape index (κ3) is 4.75. The minimum absolute atomic E-state index is 0. The molecule has 0 amide bonds. The van der Waals surface area contributed by atoms with Gasteiger partial charge < -0.3 is 5.32 Å². The van der Waals surface area contributed by atoms with Crippen LogP contribution in [-0.4, -0.2) is 17.3 Å². The van der Waals surface area contributed by atoms with Crippen LogP contribution in [0.1, 0.15) is 25.7 Å². The van der Waals surface area contributed by atoms with Crippen molar-refractivity contribution >= 4 is 29.6 Å². The predicted molar refractivity (Wildman–Crippen MR) is 77.9 cm³/mol. The maximum Gasteiger partial charge on any atom is 0.271 e. The Hall–Kier alpha value is -1.82. The van der Waals surface area contributed by atoms with Gasteiger partial charge in [-0.1, -0.05) is 12.5 Å². The molecule has 2 N–H and O–H groups in total. The van der Waals surface area contributed by atoms with Crippen LogP contribution in [0.2, 0.25) is 0 Å². The largest absolute Gasteiger partial charge is 0.372 e. The van der Waals surface area contributed by atoms with E-state index in [1.54, 1.807) is 12.1 Å². The molecule has 1 aromatic carbocycles. The monoisotopic (exact) mass is 284 g/mol. The molecule has 1 aliphatic rings. The number of halogens is 1. The van der Waals surface area contributed by atoms with E-state index in [1.807, 2.05) is 0 Å². The third-order valence-electron chi connectivity index (χ3n) is 2.80. The molecule has 6 nitrogen and oxygen atoms in total. The number of benzene rings is 1. The molecule has 2 rings (SSSR count). The van der Waals surface area contributed by atoms with Crippen molar-refractivity contribution in [2.45, 2.75) is 25.7 Å².